The minimum atomic E-state index is -0.119. The van der Waals surface area contributed by atoms with Crippen molar-refractivity contribution in [3.63, 3.8) is 0 Å². The molecule has 4 nitrogen and oxygen atoms in total. The summed E-state index contributed by atoms with van der Waals surface area (Å²) in [6.07, 6.45) is 3.55. The van der Waals surface area contributed by atoms with E-state index in [1.165, 1.54) is 5.56 Å². The summed E-state index contributed by atoms with van der Waals surface area (Å²) < 4.78 is 5.91. The minimum Gasteiger partial charge on any atom is -0.449 e. The molecule has 0 atom stereocenters. The Morgan fingerprint density at radius 3 is 2.60 bits per heavy atom. The van der Waals surface area contributed by atoms with Crippen LogP contribution in [-0.4, -0.2) is 19.0 Å². The van der Waals surface area contributed by atoms with E-state index in [1.54, 1.807) is 11.0 Å². The van der Waals surface area contributed by atoms with E-state index in [9.17, 15) is 4.79 Å². The van der Waals surface area contributed by atoms with Crippen LogP contribution >= 0.6 is 0 Å². The topological polar surface area (TPSA) is 55.6 Å². The van der Waals surface area contributed by atoms with Crippen LogP contribution in [0.2, 0.25) is 0 Å². The van der Waals surface area contributed by atoms with E-state index in [0.717, 1.165) is 29.7 Å². The first-order chi connectivity index (χ1) is 12.1. The van der Waals surface area contributed by atoms with E-state index >= 15 is 0 Å². The SMILES string of the molecule is CCc1ccc(/C=C2/Oc3ccc(C)cc3N(CCCN)C2=O)cc1. The summed E-state index contributed by atoms with van der Waals surface area (Å²) >= 11 is 0. The number of hydrogen-bond donors (Lipinski definition) is 1. The molecule has 2 N–H and O–H groups in total. The average molecular weight is 336 g/mol. The molecule has 2 aromatic rings. The van der Waals surface area contributed by atoms with Crippen molar-refractivity contribution in [3.05, 3.63) is 64.9 Å². The van der Waals surface area contributed by atoms with Gasteiger partial charge >= 0.3 is 0 Å². The normalized spacial score (nSPS) is 15.2. The third-order valence-electron chi connectivity index (χ3n) is 4.35. The summed E-state index contributed by atoms with van der Waals surface area (Å²) in [5.41, 5.74) is 9.77. The number of rotatable bonds is 5. The molecule has 0 fully saturated rings. The Labute approximate surface area is 148 Å². The van der Waals surface area contributed by atoms with Gasteiger partial charge in [-0.2, -0.15) is 0 Å². The van der Waals surface area contributed by atoms with Crippen molar-refractivity contribution in [3.8, 4) is 5.75 Å². The molecule has 1 aliphatic heterocycles. The molecule has 2 aromatic carbocycles. The van der Waals surface area contributed by atoms with Crippen molar-refractivity contribution in [2.24, 2.45) is 5.73 Å². The van der Waals surface area contributed by atoms with Crippen molar-refractivity contribution in [2.45, 2.75) is 26.7 Å². The minimum absolute atomic E-state index is 0.119. The number of carbonyl (C=O) groups is 1. The zero-order valence-corrected chi connectivity index (χ0v) is 14.8. The first-order valence-electron chi connectivity index (χ1n) is 8.73. The molecule has 0 saturated carbocycles. The van der Waals surface area contributed by atoms with Gasteiger partial charge in [0.15, 0.2) is 11.5 Å². The van der Waals surface area contributed by atoms with E-state index in [1.807, 2.05) is 37.3 Å². The predicted molar refractivity (Wildman–Crippen MR) is 102 cm³/mol. The Balaban J connectivity index is 1.96. The first-order valence-corrected chi connectivity index (χ1v) is 8.73. The number of fused-ring (bicyclic) bond motifs is 1. The largest absolute Gasteiger partial charge is 0.449 e. The number of nitrogens with zero attached hydrogens (tertiary/aromatic N) is 1. The number of nitrogens with two attached hydrogens (primary N) is 1. The molecule has 4 heteroatoms. The van der Waals surface area contributed by atoms with E-state index in [-0.39, 0.29) is 5.91 Å². The molecule has 0 bridgehead atoms. The van der Waals surface area contributed by atoms with Crippen molar-refractivity contribution < 1.29 is 9.53 Å². The van der Waals surface area contributed by atoms with Gasteiger partial charge in [-0.25, -0.2) is 0 Å². The third kappa shape index (κ3) is 3.74. The zero-order chi connectivity index (χ0) is 17.8. The van der Waals surface area contributed by atoms with Crippen molar-refractivity contribution in [2.75, 3.05) is 18.0 Å². The Hall–Kier alpha value is -2.59. The van der Waals surface area contributed by atoms with Crippen LogP contribution in [0.15, 0.2) is 48.2 Å². The van der Waals surface area contributed by atoms with Gasteiger partial charge in [-0.15, -0.1) is 0 Å². The molecule has 1 amide bonds. The number of amides is 1. The quantitative estimate of drug-likeness (QED) is 0.848. The van der Waals surface area contributed by atoms with E-state index < -0.39 is 0 Å². The van der Waals surface area contributed by atoms with Crippen molar-refractivity contribution in [1.82, 2.24) is 0 Å². The predicted octanol–water partition coefficient (Wildman–Crippen LogP) is 3.67. The molecule has 0 aliphatic carbocycles. The van der Waals surface area contributed by atoms with Gasteiger partial charge in [-0.3, -0.25) is 4.79 Å². The van der Waals surface area contributed by atoms with Gasteiger partial charge < -0.3 is 15.4 Å². The second-order valence-corrected chi connectivity index (χ2v) is 6.28. The number of hydrogen-bond acceptors (Lipinski definition) is 3. The maximum Gasteiger partial charge on any atom is 0.294 e. The van der Waals surface area contributed by atoms with Crippen LogP contribution in [0.4, 0.5) is 5.69 Å². The fraction of sp³-hybridized carbons (Fsp3) is 0.286. The molecule has 3 rings (SSSR count). The average Bonchev–Trinajstić information content (AvgIpc) is 2.63. The molecule has 0 aromatic heterocycles. The van der Waals surface area contributed by atoms with Crippen molar-refractivity contribution >= 4 is 17.7 Å². The first kappa shape index (κ1) is 17.2. The number of ether oxygens (including phenoxy) is 1. The highest BCUT2D eigenvalue weighted by Crippen LogP contribution is 2.36. The smallest absolute Gasteiger partial charge is 0.294 e. The molecule has 0 unspecified atom stereocenters. The lowest BCUT2D eigenvalue weighted by Crippen LogP contribution is -2.38. The summed E-state index contributed by atoms with van der Waals surface area (Å²) in [7, 11) is 0. The maximum atomic E-state index is 12.9. The van der Waals surface area contributed by atoms with Crippen LogP contribution in [0.25, 0.3) is 6.08 Å². The van der Waals surface area contributed by atoms with Crippen LogP contribution < -0.4 is 15.4 Å². The second kappa shape index (κ2) is 7.53. The second-order valence-electron chi connectivity index (χ2n) is 6.28. The molecule has 0 spiro atoms. The lowest BCUT2D eigenvalue weighted by molar-refractivity contribution is -0.117. The summed E-state index contributed by atoms with van der Waals surface area (Å²) in [6.45, 7) is 5.26. The lowest BCUT2D eigenvalue weighted by atomic mass is 10.1. The van der Waals surface area contributed by atoms with Crippen LogP contribution in [0.5, 0.6) is 5.75 Å². The van der Waals surface area contributed by atoms with Crippen LogP contribution in [0, 0.1) is 6.92 Å². The highest BCUT2D eigenvalue weighted by atomic mass is 16.5. The summed E-state index contributed by atoms with van der Waals surface area (Å²) in [5, 5.41) is 0. The number of carbonyl (C=O) groups excluding carboxylic acids is 1. The standard InChI is InChI=1S/C21H24N2O2/c1-3-16-6-8-17(9-7-16)14-20-21(24)23(12-4-11-22)18-13-15(2)5-10-19(18)25-20/h5-10,13-14H,3-4,11-12,22H2,1-2H3/b20-14+. The summed E-state index contributed by atoms with van der Waals surface area (Å²) in [4.78, 5) is 14.7. The molecule has 130 valence electrons. The lowest BCUT2D eigenvalue weighted by Gasteiger charge is -2.30. The molecule has 0 radical (unpaired) electrons. The molecule has 1 heterocycles. The molecule has 0 saturated heterocycles. The van der Waals surface area contributed by atoms with Crippen molar-refractivity contribution in [1.29, 1.82) is 0 Å². The number of aryl methyl sites for hydroxylation is 2. The maximum absolute atomic E-state index is 12.9. The summed E-state index contributed by atoms with van der Waals surface area (Å²) in [5.74, 6) is 0.933. The third-order valence-corrected chi connectivity index (χ3v) is 4.35. The Morgan fingerprint density at radius 1 is 1.16 bits per heavy atom. The van der Waals surface area contributed by atoms with E-state index in [0.29, 0.717) is 24.6 Å². The van der Waals surface area contributed by atoms with Gasteiger partial charge in [0.05, 0.1) is 5.69 Å². The summed E-state index contributed by atoms with van der Waals surface area (Å²) in [6, 6.07) is 14.1. The fourth-order valence-corrected chi connectivity index (χ4v) is 2.89. The van der Waals surface area contributed by atoms with Gasteiger partial charge in [-0.1, -0.05) is 37.3 Å². The van der Waals surface area contributed by atoms with Gasteiger partial charge in [-0.05, 0) is 61.2 Å². The Bertz CT molecular complexity index is 794. The van der Waals surface area contributed by atoms with E-state index in [4.69, 9.17) is 10.5 Å². The Kier molecular flexibility index (Phi) is 5.19. The van der Waals surface area contributed by atoms with E-state index in [2.05, 4.69) is 19.1 Å². The fourth-order valence-electron chi connectivity index (χ4n) is 2.89. The molecule has 1 aliphatic rings. The van der Waals surface area contributed by atoms with Crippen LogP contribution in [0.1, 0.15) is 30.0 Å². The van der Waals surface area contributed by atoms with Crippen LogP contribution in [-0.2, 0) is 11.2 Å². The van der Waals surface area contributed by atoms with Gasteiger partial charge in [0, 0.05) is 6.54 Å². The number of benzene rings is 2. The van der Waals surface area contributed by atoms with Gasteiger partial charge in [0.1, 0.15) is 0 Å². The zero-order valence-electron chi connectivity index (χ0n) is 14.8. The van der Waals surface area contributed by atoms with Gasteiger partial charge in [0.2, 0.25) is 0 Å². The highest BCUT2D eigenvalue weighted by molar-refractivity contribution is 6.09. The molecular formula is C21H24N2O2. The Morgan fingerprint density at radius 2 is 1.92 bits per heavy atom. The monoisotopic (exact) mass is 336 g/mol. The number of anilines is 1. The van der Waals surface area contributed by atoms with Gasteiger partial charge in [0.25, 0.3) is 5.91 Å². The highest BCUT2D eigenvalue weighted by Gasteiger charge is 2.29. The molecular weight excluding hydrogens is 312 g/mol. The van der Waals surface area contributed by atoms with Crippen LogP contribution in [0.3, 0.4) is 0 Å². The molecule has 25 heavy (non-hydrogen) atoms.